The molecule has 1 aliphatic heterocycles. The molecule has 0 bridgehead atoms. The molecule has 1 aliphatic rings. The number of alkyl halides is 3. The Morgan fingerprint density at radius 2 is 1.75 bits per heavy atom. The summed E-state index contributed by atoms with van der Waals surface area (Å²) in [5.74, 6) is -0.326. The van der Waals surface area contributed by atoms with E-state index in [-0.39, 0.29) is 23.5 Å². The summed E-state index contributed by atoms with van der Waals surface area (Å²) in [5.41, 5.74) is -0.506. The number of nitrogens with zero attached hydrogens (tertiary/aromatic N) is 1. The first-order chi connectivity index (χ1) is 15.3. The van der Waals surface area contributed by atoms with Crippen molar-refractivity contribution < 1.29 is 31.9 Å². The van der Waals surface area contributed by atoms with E-state index in [4.69, 9.17) is 9.15 Å². The number of furan rings is 1. The number of ether oxygens (including phenoxy) is 1. The summed E-state index contributed by atoms with van der Waals surface area (Å²) in [6.07, 6.45) is -3.13. The zero-order valence-corrected chi connectivity index (χ0v) is 16.8. The first-order valence-corrected chi connectivity index (χ1v) is 9.49. The molecule has 0 saturated heterocycles. The van der Waals surface area contributed by atoms with Gasteiger partial charge in [0.1, 0.15) is 17.2 Å². The molecule has 2 aromatic carbocycles. The van der Waals surface area contributed by atoms with Gasteiger partial charge < -0.3 is 14.5 Å². The molecule has 0 atom stereocenters. The molecular formula is C23H17F3N2O4. The second kappa shape index (κ2) is 8.26. The van der Waals surface area contributed by atoms with Gasteiger partial charge in [0.15, 0.2) is 0 Å². The van der Waals surface area contributed by atoms with Crippen LogP contribution in [0.25, 0.3) is 5.57 Å². The molecule has 32 heavy (non-hydrogen) atoms. The van der Waals surface area contributed by atoms with E-state index in [0.29, 0.717) is 17.1 Å². The molecule has 164 valence electrons. The van der Waals surface area contributed by atoms with E-state index in [2.05, 4.69) is 5.32 Å². The van der Waals surface area contributed by atoms with Crippen molar-refractivity contribution in [1.29, 1.82) is 0 Å². The van der Waals surface area contributed by atoms with E-state index < -0.39 is 23.6 Å². The van der Waals surface area contributed by atoms with Gasteiger partial charge in [0, 0.05) is 5.69 Å². The van der Waals surface area contributed by atoms with Gasteiger partial charge in [-0.15, -0.1) is 0 Å². The van der Waals surface area contributed by atoms with E-state index in [1.807, 2.05) is 0 Å². The number of nitrogens with one attached hydrogen (secondary N) is 1. The second-order valence-electron chi connectivity index (χ2n) is 6.96. The largest absolute Gasteiger partial charge is 0.497 e. The van der Waals surface area contributed by atoms with Crippen LogP contribution in [0.3, 0.4) is 0 Å². The molecule has 0 radical (unpaired) electrons. The van der Waals surface area contributed by atoms with Gasteiger partial charge in [-0.25, -0.2) is 0 Å². The van der Waals surface area contributed by atoms with Crippen molar-refractivity contribution in [2.24, 2.45) is 0 Å². The number of carbonyl (C=O) groups is 2. The number of anilines is 1. The molecule has 4 rings (SSSR count). The van der Waals surface area contributed by atoms with Crippen molar-refractivity contribution in [2.45, 2.75) is 12.7 Å². The topological polar surface area (TPSA) is 71.8 Å². The normalized spacial score (nSPS) is 14.3. The number of benzene rings is 2. The highest BCUT2D eigenvalue weighted by atomic mass is 19.4. The maximum Gasteiger partial charge on any atom is 0.416 e. The van der Waals surface area contributed by atoms with Crippen LogP contribution >= 0.6 is 0 Å². The number of rotatable bonds is 6. The molecule has 0 aliphatic carbocycles. The number of hydrogen-bond acceptors (Lipinski definition) is 5. The van der Waals surface area contributed by atoms with Crippen LogP contribution in [0.4, 0.5) is 18.9 Å². The first kappa shape index (κ1) is 21.2. The predicted octanol–water partition coefficient (Wildman–Crippen LogP) is 4.70. The minimum Gasteiger partial charge on any atom is -0.497 e. The number of carbonyl (C=O) groups excluding carboxylic acids is 2. The Hall–Kier alpha value is -4.01. The number of amides is 2. The molecule has 9 heteroatoms. The molecular weight excluding hydrogens is 425 g/mol. The number of imide groups is 1. The highest BCUT2D eigenvalue weighted by molar-refractivity contribution is 6.36. The molecule has 6 nitrogen and oxygen atoms in total. The Balaban J connectivity index is 1.75. The third-order valence-electron chi connectivity index (χ3n) is 4.90. The Labute approximate surface area is 180 Å². The van der Waals surface area contributed by atoms with Gasteiger partial charge in [-0.3, -0.25) is 14.5 Å². The molecule has 0 fully saturated rings. The lowest BCUT2D eigenvalue weighted by Crippen LogP contribution is -2.31. The fourth-order valence-electron chi connectivity index (χ4n) is 3.34. The quantitative estimate of drug-likeness (QED) is 0.561. The van der Waals surface area contributed by atoms with Crippen LogP contribution < -0.4 is 10.1 Å². The number of hydrogen-bond donors (Lipinski definition) is 1. The summed E-state index contributed by atoms with van der Waals surface area (Å²) in [5, 5.41) is 2.73. The molecule has 0 saturated carbocycles. The molecule has 1 aromatic heterocycles. The monoisotopic (exact) mass is 442 g/mol. The second-order valence-corrected chi connectivity index (χ2v) is 6.96. The summed E-state index contributed by atoms with van der Waals surface area (Å²) in [4.78, 5) is 27.3. The fraction of sp³-hybridized carbons (Fsp3) is 0.130. The molecule has 0 unspecified atom stereocenters. The maximum atomic E-state index is 13.2. The van der Waals surface area contributed by atoms with E-state index in [1.54, 1.807) is 36.4 Å². The van der Waals surface area contributed by atoms with Gasteiger partial charge in [-0.1, -0.05) is 18.2 Å². The van der Waals surface area contributed by atoms with Crippen molar-refractivity contribution in [2.75, 3.05) is 12.4 Å². The minimum atomic E-state index is -4.55. The Morgan fingerprint density at radius 1 is 1.00 bits per heavy atom. The minimum absolute atomic E-state index is 0.0295. The lowest BCUT2D eigenvalue weighted by molar-refractivity contribution is -0.138. The molecule has 0 spiro atoms. The van der Waals surface area contributed by atoms with E-state index in [9.17, 15) is 22.8 Å². The summed E-state index contributed by atoms with van der Waals surface area (Å²) >= 11 is 0. The predicted molar refractivity (Wildman–Crippen MR) is 109 cm³/mol. The van der Waals surface area contributed by atoms with E-state index >= 15 is 0 Å². The average molecular weight is 442 g/mol. The van der Waals surface area contributed by atoms with Crippen LogP contribution in [0.1, 0.15) is 16.9 Å². The van der Waals surface area contributed by atoms with Crippen LogP contribution in [0, 0.1) is 0 Å². The van der Waals surface area contributed by atoms with Crippen molar-refractivity contribution in [3.63, 3.8) is 0 Å². The van der Waals surface area contributed by atoms with Crippen molar-refractivity contribution in [3.8, 4) is 5.75 Å². The Kier molecular flexibility index (Phi) is 5.48. The lowest BCUT2D eigenvalue weighted by Gasteiger charge is -2.14. The van der Waals surface area contributed by atoms with Gasteiger partial charge in [-0.05, 0) is 48.0 Å². The first-order valence-electron chi connectivity index (χ1n) is 9.49. The van der Waals surface area contributed by atoms with Crippen LogP contribution in [-0.4, -0.2) is 23.8 Å². The van der Waals surface area contributed by atoms with Gasteiger partial charge in [0.05, 0.1) is 31.1 Å². The van der Waals surface area contributed by atoms with E-state index in [0.717, 1.165) is 17.0 Å². The lowest BCUT2D eigenvalue weighted by atomic mass is 10.0. The van der Waals surface area contributed by atoms with Gasteiger partial charge in [0.25, 0.3) is 11.8 Å². The standard InChI is InChI=1S/C23H17F3N2O4/c1-31-17-9-7-14(8-10-17)19-20(27-16-5-2-4-15(12-16)23(24,25)26)22(30)28(21(19)29)13-18-6-3-11-32-18/h2-12,27H,13H2,1H3. The van der Waals surface area contributed by atoms with Gasteiger partial charge >= 0.3 is 6.18 Å². The van der Waals surface area contributed by atoms with Crippen LogP contribution in [0.15, 0.2) is 77.0 Å². The Morgan fingerprint density at radius 3 is 2.38 bits per heavy atom. The number of halogens is 3. The van der Waals surface area contributed by atoms with Gasteiger partial charge in [-0.2, -0.15) is 13.2 Å². The third kappa shape index (κ3) is 4.09. The summed E-state index contributed by atoms with van der Waals surface area (Å²) in [6, 6.07) is 14.1. The fourth-order valence-corrected chi connectivity index (χ4v) is 3.34. The summed E-state index contributed by atoms with van der Waals surface area (Å²) < 4.78 is 49.7. The van der Waals surface area contributed by atoms with Crippen molar-refractivity contribution in [1.82, 2.24) is 4.90 Å². The zero-order valence-electron chi connectivity index (χ0n) is 16.8. The van der Waals surface area contributed by atoms with E-state index in [1.165, 1.54) is 25.5 Å². The average Bonchev–Trinajstić information content (AvgIpc) is 3.37. The Bertz CT molecular complexity index is 1180. The van der Waals surface area contributed by atoms with Crippen LogP contribution in [0.5, 0.6) is 5.75 Å². The molecule has 2 heterocycles. The zero-order chi connectivity index (χ0) is 22.9. The molecule has 1 N–H and O–H groups in total. The highest BCUT2D eigenvalue weighted by Crippen LogP contribution is 2.34. The summed E-state index contributed by atoms with van der Waals surface area (Å²) in [6.45, 7) is -0.113. The summed E-state index contributed by atoms with van der Waals surface area (Å²) in [7, 11) is 1.49. The van der Waals surface area contributed by atoms with Gasteiger partial charge in [0.2, 0.25) is 0 Å². The smallest absolute Gasteiger partial charge is 0.416 e. The SMILES string of the molecule is COc1ccc(C2=C(Nc3cccc(C(F)(F)F)c3)C(=O)N(Cc3ccco3)C2=O)cc1. The maximum absolute atomic E-state index is 13.2. The van der Waals surface area contributed by atoms with Crippen LogP contribution in [-0.2, 0) is 22.3 Å². The number of methoxy groups -OCH3 is 1. The third-order valence-corrected chi connectivity index (χ3v) is 4.90. The van der Waals surface area contributed by atoms with Crippen LogP contribution in [0.2, 0.25) is 0 Å². The highest BCUT2D eigenvalue weighted by Gasteiger charge is 2.40. The van der Waals surface area contributed by atoms with Crippen molar-refractivity contribution >= 4 is 23.1 Å². The van der Waals surface area contributed by atoms with Crippen molar-refractivity contribution in [3.05, 3.63) is 89.5 Å². The molecule has 2 amide bonds. The molecule has 3 aromatic rings.